The number of likely N-dealkylation sites (tertiary alicyclic amines) is 1. The van der Waals surface area contributed by atoms with Gasteiger partial charge in [0.15, 0.2) is 8.32 Å². The van der Waals surface area contributed by atoms with Gasteiger partial charge >= 0.3 is 6.09 Å². The van der Waals surface area contributed by atoms with E-state index in [2.05, 4.69) is 33.9 Å². The molecule has 190 valence electrons. The normalized spacial score (nSPS) is 19.4. The summed E-state index contributed by atoms with van der Waals surface area (Å²) in [5, 5.41) is 21.1. The quantitative estimate of drug-likeness (QED) is 0.253. The molecule has 1 aliphatic heterocycles. The summed E-state index contributed by atoms with van der Waals surface area (Å²) in [4.78, 5) is 24.5. The number of carbonyl (C=O) groups is 1. The van der Waals surface area contributed by atoms with E-state index in [4.69, 9.17) is 9.16 Å². The fourth-order valence-electron chi connectivity index (χ4n) is 4.28. The molecule has 35 heavy (non-hydrogen) atoms. The van der Waals surface area contributed by atoms with Crippen LogP contribution in [0, 0.1) is 10.1 Å². The molecule has 1 aliphatic rings. The summed E-state index contributed by atoms with van der Waals surface area (Å²) in [5.74, 6) is 0.721. The Balaban J connectivity index is 1.82. The molecule has 2 aromatic carbocycles. The molecular weight excluding hydrogens is 464 g/mol. The average molecular weight is 501 g/mol. The van der Waals surface area contributed by atoms with Crippen molar-refractivity contribution < 1.29 is 24.0 Å². The molecule has 0 aromatic heterocycles. The fraction of sp³-hybridized carbons (Fsp3) is 0.500. The maximum absolute atomic E-state index is 12.4. The van der Waals surface area contributed by atoms with Crippen LogP contribution < -0.4 is 4.74 Å². The Kier molecular flexibility index (Phi) is 8.22. The maximum Gasteiger partial charge on any atom is 0.407 e. The molecular formula is C26H36N2O6Si. The second-order valence-corrected chi connectivity index (χ2v) is 15.4. The van der Waals surface area contributed by atoms with Gasteiger partial charge in [-0.25, -0.2) is 4.79 Å². The van der Waals surface area contributed by atoms with Crippen LogP contribution in [0.4, 0.5) is 10.5 Å². The third-order valence-corrected chi connectivity index (χ3v) is 11.7. The van der Waals surface area contributed by atoms with E-state index in [-0.39, 0.29) is 29.4 Å². The number of para-hydroxylation sites is 1. The standard InChI is InChI=1S/C26H36N2O6Si/c1-26(2,3)35(4,5)34-24(18-33-22-9-7-6-8-10-22)23-16-15-21(27(23)25(29)30)17-19-11-13-20(14-12-19)28(31)32/h6-14,21,23-24H,15-18H2,1-5H3,(H,29,30)/t21-,23+,24+/m0/s1. The lowest BCUT2D eigenvalue weighted by Crippen LogP contribution is -2.54. The lowest BCUT2D eigenvalue weighted by Gasteiger charge is -2.42. The van der Waals surface area contributed by atoms with E-state index in [1.807, 2.05) is 30.3 Å². The first kappa shape index (κ1) is 26.7. The summed E-state index contributed by atoms with van der Waals surface area (Å²) >= 11 is 0. The van der Waals surface area contributed by atoms with Crippen LogP contribution in [0.3, 0.4) is 0 Å². The molecule has 0 spiro atoms. The van der Waals surface area contributed by atoms with Crippen LogP contribution in [-0.4, -0.2) is 54.1 Å². The zero-order valence-corrected chi connectivity index (χ0v) is 22.1. The number of nitrogens with zero attached hydrogens (tertiary/aromatic N) is 2. The summed E-state index contributed by atoms with van der Waals surface area (Å²) in [5.41, 5.74) is 0.893. The number of ether oxygens (including phenoxy) is 1. The molecule has 3 rings (SSSR count). The van der Waals surface area contributed by atoms with E-state index in [0.29, 0.717) is 19.3 Å². The SMILES string of the molecule is CC(C)(C)[Si](C)(C)O[C@H](COc1ccccc1)[C@H]1CC[C@@H](Cc2ccc([N+](=O)[O-])cc2)N1C(=O)O. The van der Waals surface area contributed by atoms with Gasteiger partial charge in [-0.2, -0.15) is 0 Å². The minimum atomic E-state index is -2.21. The van der Waals surface area contributed by atoms with Crippen molar-refractivity contribution in [1.82, 2.24) is 4.90 Å². The smallest absolute Gasteiger partial charge is 0.407 e. The lowest BCUT2D eigenvalue weighted by atomic mass is 10.0. The number of hydrogen-bond acceptors (Lipinski definition) is 5. The highest BCUT2D eigenvalue weighted by Gasteiger charge is 2.46. The molecule has 1 saturated heterocycles. The third kappa shape index (κ3) is 6.61. The number of nitro groups is 1. The highest BCUT2D eigenvalue weighted by molar-refractivity contribution is 6.74. The largest absolute Gasteiger partial charge is 0.491 e. The van der Waals surface area contributed by atoms with E-state index in [1.54, 1.807) is 12.1 Å². The first-order chi connectivity index (χ1) is 16.4. The lowest BCUT2D eigenvalue weighted by molar-refractivity contribution is -0.384. The second-order valence-electron chi connectivity index (χ2n) is 10.7. The van der Waals surface area contributed by atoms with Crippen molar-refractivity contribution in [1.29, 1.82) is 0 Å². The monoisotopic (exact) mass is 500 g/mol. The summed E-state index contributed by atoms with van der Waals surface area (Å²) in [6, 6.07) is 15.2. The van der Waals surface area contributed by atoms with Crippen molar-refractivity contribution >= 4 is 20.1 Å². The van der Waals surface area contributed by atoms with Crippen LogP contribution in [-0.2, 0) is 10.8 Å². The Morgan fingerprint density at radius 2 is 1.77 bits per heavy atom. The van der Waals surface area contributed by atoms with E-state index in [9.17, 15) is 20.0 Å². The number of nitro benzene ring substituents is 1. The van der Waals surface area contributed by atoms with Gasteiger partial charge < -0.3 is 14.3 Å². The predicted octanol–water partition coefficient (Wildman–Crippen LogP) is 6.12. The van der Waals surface area contributed by atoms with E-state index >= 15 is 0 Å². The summed E-state index contributed by atoms with van der Waals surface area (Å²) < 4.78 is 12.8. The number of hydrogen-bond donors (Lipinski definition) is 1. The zero-order valence-electron chi connectivity index (χ0n) is 21.1. The number of carboxylic acid groups (broad SMARTS) is 1. The minimum absolute atomic E-state index is 0.0223. The Labute approximate surface area is 208 Å². The third-order valence-electron chi connectivity index (χ3n) is 7.22. The van der Waals surface area contributed by atoms with Crippen molar-refractivity contribution in [2.75, 3.05) is 6.61 Å². The van der Waals surface area contributed by atoms with Gasteiger partial charge in [0.05, 0.1) is 17.1 Å². The first-order valence-electron chi connectivity index (χ1n) is 12.0. The van der Waals surface area contributed by atoms with E-state index < -0.39 is 25.4 Å². The maximum atomic E-state index is 12.4. The van der Waals surface area contributed by atoms with E-state index in [0.717, 1.165) is 11.3 Å². The molecule has 1 amide bonds. The molecule has 1 N–H and O–H groups in total. The Bertz CT molecular complexity index is 1010. The molecule has 9 heteroatoms. The van der Waals surface area contributed by atoms with Crippen LogP contribution in [0.5, 0.6) is 5.75 Å². The highest BCUT2D eigenvalue weighted by Crippen LogP contribution is 2.40. The molecule has 1 heterocycles. The van der Waals surface area contributed by atoms with E-state index in [1.165, 1.54) is 17.0 Å². The molecule has 1 fully saturated rings. The molecule has 0 aliphatic carbocycles. The van der Waals surface area contributed by atoms with Crippen molar-refractivity contribution in [3.05, 3.63) is 70.3 Å². The van der Waals surface area contributed by atoms with Crippen molar-refractivity contribution in [2.45, 2.75) is 76.4 Å². The van der Waals surface area contributed by atoms with Gasteiger partial charge in [-0.3, -0.25) is 15.0 Å². The van der Waals surface area contributed by atoms with Gasteiger partial charge in [-0.05, 0) is 55.1 Å². The van der Waals surface area contributed by atoms with Crippen LogP contribution in [0.2, 0.25) is 18.1 Å². The predicted molar refractivity (Wildman–Crippen MR) is 137 cm³/mol. The molecule has 0 unspecified atom stereocenters. The second kappa shape index (κ2) is 10.8. The first-order valence-corrected chi connectivity index (χ1v) is 14.9. The molecule has 2 aromatic rings. The summed E-state index contributed by atoms with van der Waals surface area (Å²) in [6.45, 7) is 11.1. The zero-order chi connectivity index (χ0) is 25.8. The highest BCUT2D eigenvalue weighted by atomic mass is 28.4. The summed E-state index contributed by atoms with van der Waals surface area (Å²) in [7, 11) is -2.21. The van der Waals surface area contributed by atoms with Crippen LogP contribution in [0.15, 0.2) is 54.6 Å². The fourth-order valence-corrected chi connectivity index (χ4v) is 5.61. The van der Waals surface area contributed by atoms with Gasteiger partial charge in [0.25, 0.3) is 5.69 Å². The number of rotatable bonds is 9. The van der Waals surface area contributed by atoms with Gasteiger partial charge in [-0.1, -0.05) is 51.1 Å². The van der Waals surface area contributed by atoms with Gasteiger partial charge in [-0.15, -0.1) is 0 Å². The van der Waals surface area contributed by atoms with Crippen LogP contribution in [0.25, 0.3) is 0 Å². The molecule has 0 saturated carbocycles. The van der Waals surface area contributed by atoms with Crippen molar-refractivity contribution in [2.24, 2.45) is 0 Å². The van der Waals surface area contributed by atoms with Crippen LogP contribution in [0.1, 0.15) is 39.2 Å². The molecule has 0 bridgehead atoms. The Hall–Kier alpha value is -2.91. The summed E-state index contributed by atoms with van der Waals surface area (Å²) in [6.07, 6.45) is 0.461. The van der Waals surface area contributed by atoms with Crippen molar-refractivity contribution in [3.63, 3.8) is 0 Å². The van der Waals surface area contributed by atoms with Crippen LogP contribution >= 0.6 is 0 Å². The number of benzene rings is 2. The average Bonchev–Trinajstić information content (AvgIpc) is 3.20. The molecule has 0 radical (unpaired) electrons. The topological polar surface area (TPSA) is 102 Å². The van der Waals surface area contributed by atoms with Gasteiger partial charge in [0.2, 0.25) is 0 Å². The molecule has 8 nitrogen and oxygen atoms in total. The Morgan fingerprint density at radius 3 is 2.31 bits per heavy atom. The van der Waals surface area contributed by atoms with Crippen molar-refractivity contribution in [3.8, 4) is 5.75 Å². The molecule has 3 atom stereocenters. The number of non-ortho nitro benzene ring substituents is 1. The van der Waals surface area contributed by atoms with Gasteiger partial charge in [0, 0.05) is 18.2 Å². The Morgan fingerprint density at radius 1 is 1.14 bits per heavy atom. The minimum Gasteiger partial charge on any atom is -0.491 e. The number of amides is 1. The van der Waals surface area contributed by atoms with Gasteiger partial charge in [0.1, 0.15) is 12.4 Å².